The van der Waals surface area contributed by atoms with Crippen LogP contribution in [0.1, 0.15) is 12.6 Å². The summed E-state index contributed by atoms with van der Waals surface area (Å²) in [6.45, 7) is 4.35. The summed E-state index contributed by atoms with van der Waals surface area (Å²) in [5.74, 6) is 1.43. The van der Waals surface area contributed by atoms with Crippen molar-refractivity contribution in [2.45, 2.75) is 13.8 Å². The quantitative estimate of drug-likeness (QED) is 0.695. The smallest absolute Gasteiger partial charge is 0.259 e. The molecule has 0 unspecified atom stereocenters. The molecule has 0 radical (unpaired) electrons. The van der Waals surface area contributed by atoms with E-state index in [2.05, 4.69) is 31.1 Å². The molecule has 0 atom stereocenters. The molecule has 0 amide bonds. The Labute approximate surface area is 136 Å². The summed E-state index contributed by atoms with van der Waals surface area (Å²) in [4.78, 5) is 8.84. The van der Waals surface area contributed by atoms with Crippen LogP contribution in [0.4, 0.5) is 0 Å². The van der Waals surface area contributed by atoms with Gasteiger partial charge >= 0.3 is 0 Å². The number of benzene rings is 1. The summed E-state index contributed by atoms with van der Waals surface area (Å²) in [5.41, 5.74) is 2.44. The molecule has 0 bridgehead atoms. The number of hydrogen-bond donors (Lipinski definition) is 0. The van der Waals surface area contributed by atoms with Gasteiger partial charge in [-0.15, -0.1) is 0 Å². The van der Waals surface area contributed by atoms with Gasteiger partial charge < -0.3 is 9.26 Å². The Morgan fingerprint density at radius 2 is 1.91 bits per heavy atom. The molecular formula is C16H14BrN3O2. The third-order valence-electron chi connectivity index (χ3n) is 3.05. The SMILES string of the molecule is CCOc1nc(C)ccc1-c1noc(-c2ccccc2Br)n1. The summed E-state index contributed by atoms with van der Waals surface area (Å²) in [6, 6.07) is 11.5. The van der Waals surface area contributed by atoms with Crippen LogP contribution in [-0.2, 0) is 0 Å². The largest absolute Gasteiger partial charge is 0.477 e. The normalized spacial score (nSPS) is 10.7. The first-order valence-corrected chi connectivity index (χ1v) is 7.67. The second-order valence-electron chi connectivity index (χ2n) is 4.64. The number of ether oxygens (including phenoxy) is 1. The van der Waals surface area contributed by atoms with Gasteiger partial charge in [0.2, 0.25) is 11.7 Å². The van der Waals surface area contributed by atoms with Crippen LogP contribution in [0, 0.1) is 6.92 Å². The van der Waals surface area contributed by atoms with Gasteiger partial charge in [-0.2, -0.15) is 4.98 Å². The van der Waals surface area contributed by atoms with Gasteiger partial charge in [-0.3, -0.25) is 0 Å². The molecule has 1 aromatic carbocycles. The fourth-order valence-corrected chi connectivity index (χ4v) is 2.48. The van der Waals surface area contributed by atoms with E-state index in [-0.39, 0.29) is 0 Å². The number of nitrogens with zero attached hydrogens (tertiary/aromatic N) is 3. The maximum Gasteiger partial charge on any atom is 0.259 e. The lowest BCUT2D eigenvalue weighted by Gasteiger charge is -2.06. The van der Waals surface area contributed by atoms with Crippen LogP contribution < -0.4 is 4.74 Å². The third-order valence-corrected chi connectivity index (χ3v) is 3.74. The highest BCUT2D eigenvalue weighted by molar-refractivity contribution is 9.10. The van der Waals surface area contributed by atoms with Crippen molar-refractivity contribution in [3.8, 4) is 28.7 Å². The van der Waals surface area contributed by atoms with Gasteiger partial charge in [0.1, 0.15) is 0 Å². The average Bonchev–Trinajstić information content (AvgIpc) is 2.98. The maximum absolute atomic E-state index is 5.57. The van der Waals surface area contributed by atoms with Crippen LogP contribution in [0.15, 0.2) is 45.4 Å². The summed E-state index contributed by atoms with van der Waals surface area (Å²) in [6.07, 6.45) is 0. The first kappa shape index (κ1) is 14.7. The second-order valence-corrected chi connectivity index (χ2v) is 5.50. The molecule has 2 aromatic heterocycles. The summed E-state index contributed by atoms with van der Waals surface area (Å²) < 4.78 is 11.8. The number of aromatic nitrogens is 3. The Morgan fingerprint density at radius 1 is 1.09 bits per heavy atom. The van der Waals surface area contributed by atoms with Crippen molar-refractivity contribution in [2.24, 2.45) is 0 Å². The second kappa shape index (κ2) is 6.27. The number of rotatable bonds is 4. The van der Waals surface area contributed by atoms with Gasteiger partial charge in [-0.1, -0.05) is 17.3 Å². The van der Waals surface area contributed by atoms with Crippen LogP contribution in [-0.4, -0.2) is 21.7 Å². The lowest BCUT2D eigenvalue weighted by Crippen LogP contribution is -1.98. The van der Waals surface area contributed by atoms with Gasteiger partial charge in [-0.05, 0) is 54.0 Å². The predicted octanol–water partition coefficient (Wildman–Crippen LogP) is 4.27. The van der Waals surface area contributed by atoms with Gasteiger partial charge in [0.15, 0.2) is 0 Å². The van der Waals surface area contributed by atoms with Crippen molar-refractivity contribution in [3.05, 3.63) is 46.6 Å². The molecule has 0 aliphatic carbocycles. The molecule has 0 saturated carbocycles. The molecule has 3 aromatic rings. The zero-order chi connectivity index (χ0) is 15.5. The summed E-state index contributed by atoms with van der Waals surface area (Å²) in [5, 5.41) is 4.05. The number of aryl methyl sites for hydroxylation is 1. The number of hydrogen-bond acceptors (Lipinski definition) is 5. The van der Waals surface area contributed by atoms with E-state index < -0.39 is 0 Å². The highest BCUT2D eigenvalue weighted by Gasteiger charge is 2.17. The van der Waals surface area contributed by atoms with Gasteiger partial charge in [-0.25, -0.2) is 4.98 Å². The van der Waals surface area contributed by atoms with E-state index in [1.807, 2.05) is 50.2 Å². The molecule has 0 fully saturated rings. The highest BCUT2D eigenvalue weighted by Crippen LogP contribution is 2.31. The van der Waals surface area contributed by atoms with Crippen LogP contribution in [0.5, 0.6) is 5.88 Å². The van der Waals surface area contributed by atoms with Gasteiger partial charge in [0.05, 0.1) is 17.7 Å². The topological polar surface area (TPSA) is 61.0 Å². The number of pyridine rings is 1. The van der Waals surface area contributed by atoms with Crippen molar-refractivity contribution >= 4 is 15.9 Å². The Morgan fingerprint density at radius 3 is 2.68 bits per heavy atom. The van der Waals surface area contributed by atoms with Crippen LogP contribution in [0.25, 0.3) is 22.8 Å². The predicted molar refractivity (Wildman–Crippen MR) is 86.6 cm³/mol. The standard InChI is InChI=1S/C16H14BrN3O2/c1-3-21-15-12(9-8-10(2)18-15)14-19-16(22-20-14)11-6-4-5-7-13(11)17/h4-9H,3H2,1-2H3. The van der Waals surface area contributed by atoms with Crippen molar-refractivity contribution in [1.82, 2.24) is 15.1 Å². The van der Waals surface area contributed by atoms with Crippen LogP contribution in [0.2, 0.25) is 0 Å². The fraction of sp³-hybridized carbons (Fsp3) is 0.188. The molecule has 22 heavy (non-hydrogen) atoms. The Bertz CT molecular complexity index is 802. The van der Waals surface area contributed by atoms with E-state index in [0.717, 1.165) is 21.3 Å². The van der Waals surface area contributed by atoms with E-state index in [4.69, 9.17) is 9.26 Å². The Balaban J connectivity index is 2.03. The molecule has 0 spiro atoms. The molecule has 2 heterocycles. The number of halogens is 1. The molecule has 0 aliphatic heterocycles. The molecule has 0 aliphatic rings. The first-order valence-electron chi connectivity index (χ1n) is 6.88. The zero-order valence-corrected chi connectivity index (χ0v) is 13.8. The molecule has 3 rings (SSSR count). The monoisotopic (exact) mass is 359 g/mol. The van der Waals surface area contributed by atoms with Crippen molar-refractivity contribution < 1.29 is 9.26 Å². The summed E-state index contributed by atoms with van der Waals surface area (Å²) in [7, 11) is 0. The van der Waals surface area contributed by atoms with E-state index in [1.54, 1.807) is 0 Å². The minimum Gasteiger partial charge on any atom is -0.477 e. The molecule has 112 valence electrons. The lowest BCUT2D eigenvalue weighted by molar-refractivity contribution is 0.327. The van der Waals surface area contributed by atoms with Crippen LogP contribution in [0.3, 0.4) is 0 Å². The minimum absolute atomic E-state index is 0.450. The molecule has 0 saturated heterocycles. The van der Waals surface area contributed by atoms with Crippen molar-refractivity contribution in [1.29, 1.82) is 0 Å². The summed E-state index contributed by atoms with van der Waals surface area (Å²) >= 11 is 3.48. The Hall–Kier alpha value is -2.21. The average molecular weight is 360 g/mol. The fourth-order valence-electron chi connectivity index (χ4n) is 2.03. The van der Waals surface area contributed by atoms with Crippen LogP contribution >= 0.6 is 15.9 Å². The van der Waals surface area contributed by atoms with E-state index in [1.165, 1.54) is 0 Å². The molecule has 0 N–H and O–H groups in total. The highest BCUT2D eigenvalue weighted by atomic mass is 79.9. The lowest BCUT2D eigenvalue weighted by atomic mass is 10.2. The third kappa shape index (κ3) is 2.87. The van der Waals surface area contributed by atoms with Gasteiger partial charge in [0.25, 0.3) is 5.89 Å². The molecule has 5 nitrogen and oxygen atoms in total. The van der Waals surface area contributed by atoms with Crippen molar-refractivity contribution in [2.75, 3.05) is 6.61 Å². The molecule has 6 heteroatoms. The van der Waals surface area contributed by atoms with E-state index >= 15 is 0 Å². The zero-order valence-electron chi connectivity index (χ0n) is 12.2. The van der Waals surface area contributed by atoms with E-state index in [0.29, 0.717) is 24.2 Å². The maximum atomic E-state index is 5.57. The molecular weight excluding hydrogens is 346 g/mol. The minimum atomic E-state index is 0.450. The van der Waals surface area contributed by atoms with E-state index in [9.17, 15) is 0 Å². The first-order chi connectivity index (χ1) is 10.7. The van der Waals surface area contributed by atoms with Crippen molar-refractivity contribution in [3.63, 3.8) is 0 Å². The Kier molecular flexibility index (Phi) is 4.20. The van der Waals surface area contributed by atoms with Gasteiger partial charge in [0, 0.05) is 10.2 Å².